The molecular weight excluding hydrogens is 260 g/mol. The van der Waals surface area contributed by atoms with Crippen molar-refractivity contribution in [3.05, 3.63) is 29.8 Å². The molecule has 106 valence electrons. The normalized spacial score (nSPS) is 13.1. The molecule has 0 aliphatic heterocycles. The maximum absolute atomic E-state index is 11.3. The fourth-order valence-electron chi connectivity index (χ4n) is 1.61. The molecule has 0 spiro atoms. The Morgan fingerprint density at radius 3 is 2.32 bits per heavy atom. The molecule has 19 heavy (non-hydrogen) atoms. The van der Waals surface area contributed by atoms with Gasteiger partial charge in [0.05, 0.1) is 13.0 Å². The number of ether oxygens (including phenoxy) is 1. The first kappa shape index (κ1) is 15.9. The molecule has 1 N–H and O–H groups in total. The summed E-state index contributed by atoms with van der Waals surface area (Å²) in [7, 11) is 1.62. The van der Waals surface area contributed by atoms with E-state index in [-0.39, 0.29) is 10.7 Å². The molecule has 1 aromatic rings. The van der Waals surface area contributed by atoms with Crippen molar-refractivity contribution >= 4 is 17.7 Å². The highest BCUT2D eigenvalue weighted by Crippen LogP contribution is 2.27. The van der Waals surface area contributed by atoms with Crippen LogP contribution in [0, 0.1) is 5.92 Å². The molecule has 0 heterocycles. The van der Waals surface area contributed by atoms with E-state index in [1.807, 2.05) is 24.3 Å². The Hall–Kier alpha value is -1.16. The first-order valence-corrected chi connectivity index (χ1v) is 7.30. The number of thioether (sulfide) groups is 1. The van der Waals surface area contributed by atoms with Crippen LogP contribution in [0.15, 0.2) is 24.3 Å². The summed E-state index contributed by atoms with van der Waals surface area (Å²) in [6.45, 7) is 6.30. The minimum atomic E-state index is -0.729. The van der Waals surface area contributed by atoms with Crippen molar-refractivity contribution in [2.45, 2.75) is 31.9 Å². The summed E-state index contributed by atoms with van der Waals surface area (Å²) in [4.78, 5) is 11.3. The van der Waals surface area contributed by atoms with E-state index < -0.39 is 5.97 Å². The van der Waals surface area contributed by atoms with Crippen LogP contribution < -0.4 is 4.74 Å². The molecule has 4 heteroatoms. The number of hydrogen-bond donors (Lipinski definition) is 1. The number of hydrogen-bond acceptors (Lipinski definition) is 3. The van der Waals surface area contributed by atoms with Crippen molar-refractivity contribution in [3.8, 4) is 5.75 Å². The molecule has 0 fully saturated rings. The van der Waals surface area contributed by atoms with Gasteiger partial charge in [0.2, 0.25) is 0 Å². The Balaban J connectivity index is 2.64. The van der Waals surface area contributed by atoms with Gasteiger partial charge in [-0.15, -0.1) is 0 Å². The average molecular weight is 282 g/mol. The SMILES string of the molecule is COc1ccc(C[C@H](CSC(C)(C)C)C(=O)O)cc1. The van der Waals surface area contributed by atoms with Gasteiger partial charge in [-0.05, 0) is 24.1 Å². The van der Waals surface area contributed by atoms with Gasteiger partial charge in [-0.2, -0.15) is 11.8 Å². The van der Waals surface area contributed by atoms with Gasteiger partial charge in [0, 0.05) is 10.5 Å². The predicted octanol–water partition coefficient (Wildman–Crippen LogP) is 3.47. The molecule has 0 radical (unpaired) electrons. The van der Waals surface area contributed by atoms with Crippen molar-refractivity contribution in [1.29, 1.82) is 0 Å². The zero-order chi connectivity index (χ0) is 14.5. The van der Waals surface area contributed by atoms with Gasteiger partial charge in [-0.25, -0.2) is 0 Å². The summed E-state index contributed by atoms with van der Waals surface area (Å²) in [5.41, 5.74) is 1.03. The van der Waals surface area contributed by atoms with E-state index >= 15 is 0 Å². The third-order valence-electron chi connectivity index (χ3n) is 2.71. The van der Waals surface area contributed by atoms with E-state index in [1.165, 1.54) is 0 Å². The molecule has 1 rings (SSSR count). The minimum Gasteiger partial charge on any atom is -0.497 e. The monoisotopic (exact) mass is 282 g/mol. The standard InChI is InChI=1S/C15H22O3S/c1-15(2,3)19-10-12(14(16)17)9-11-5-7-13(18-4)8-6-11/h5-8,12H,9-10H2,1-4H3,(H,16,17)/t12-/m1/s1. The largest absolute Gasteiger partial charge is 0.497 e. The van der Waals surface area contributed by atoms with E-state index in [0.717, 1.165) is 11.3 Å². The van der Waals surface area contributed by atoms with Crippen molar-refractivity contribution in [3.63, 3.8) is 0 Å². The average Bonchev–Trinajstić information content (AvgIpc) is 2.33. The highest BCUT2D eigenvalue weighted by atomic mass is 32.2. The Kier molecular flexibility index (Phi) is 5.73. The molecule has 1 atom stereocenters. The van der Waals surface area contributed by atoms with Crippen LogP contribution in [0.5, 0.6) is 5.75 Å². The van der Waals surface area contributed by atoms with Crippen LogP contribution in [-0.2, 0) is 11.2 Å². The lowest BCUT2D eigenvalue weighted by molar-refractivity contribution is -0.140. The maximum atomic E-state index is 11.3. The maximum Gasteiger partial charge on any atom is 0.307 e. The smallest absolute Gasteiger partial charge is 0.307 e. The molecular formula is C15H22O3S. The molecule has 0 saturated heterocycles. The van der Waals surface area contributed by atoms with Crippen molar-refractivity contribution in [1.82, 2.24) is 0 Å². The third-order valence-corrected chi connectivity index (χ3v) is 4.14. The lowest BCUT2D eigenvalue weighted by Gasteiger charge is -2.20. The van der Waals surface area contributed by atoms with Crippen LogP contribution in [0.2, 0.25) is 0 Å². The topological polar surface area (TPSA) is 46.5 Å². The summed E-state index contributed by atoms with van der Waals surface area (Å²) in [6.07, 6.45) is 0.558. The van der Waals surface area contributed by atoms with Gasteiger partial charge in [0.25, 0.3) is 0 Å². The second kappa shape index (κ2) is 6.85. The molecule has 0 unspecified atom stereocenters. The number of carboxylic acid groups (broad SMARTS) is 1. The van der Waals surface area contributed by atoms with E-state index in [0.29, 0.717) is 12.2 Å². The lowest BCUT2D eigenvalue weighted by atomic mass is 10.0. The second-order valence-electron chi connectivity index (χ2n) is 5.51. The van der Waals surface area contributed by atoms with Gasteiger partial charge in [-0.1, -0.05) is 32.9 Å². The number of rotatable bonds is 6. The Bertz CT molecular complexity index is 406. The van der Waals surface area contributed by atoms with E-state index in [2.05, 4.69) is 20.8 Å². The molecule has 1 aromatic carbocycles. The van der Waals surface area contributed by atoms with Gasteiger partial charge in [0.1, 0.15) is 5.75 Å². The van der Waals surface area contributed by atoms with Crippen LogP contribution in [0.3, 0.4) is 0 Å². The van der Waals surface area contributed by atoms with Crippen LogP contribution in [0.4, 0.5) is 0 Å². The zero-order valence-electron chi connectivity index (χ0n) is 12.0. The number of carboxylic acids is 1. The first-order valence-electron chi connectivity index (χ1n) is 6.31. The van der Waals surface area contributed by atoms with Crippen molar-refractivity contribution in [2.75, 3.05) is 12.9 Å². The molecule has 3 nitrogen and oxygen atoms in total. The quantitative estimate of drug-likeness (QED) is 0.868. The van der Waals surface area contributed by atoms with Crippen LogP contribution in [-0.4, -0.2) is 28.7 Å². The van der Waals surface area contributed by atoms with Crippen LogP contribution >= 0.6 is 11.8 Å². The summed E-state index contributed by atoms with van der Waals surface area (Å²) < 4.78 is 5.18. The Morgan fingerprint density at radius 1 is 1.32 bits per heavy atom. The van der Waals surface area contributed by atoms with Gasteiger partial charge >= 0.3 is 5.97 Å². The number of methoxy groups -OCH3 is 1. The first-order chi connectivity index (χ1) is 8.81. The minimum absolute atomic E-state index is 0.0909. The van der Waals surface area contributed by atoms with Crippen LogP contribution in [0.1, 0.15) is 26.3 Å². The highest BCUT2D eigenvalue weighted by Gasteiger charge is 2.21. The fraction of sp³-hybridized carbons (Fsp3) is 0.533. The predicted molar refractivity (Wildman–Crippen MR) is 80.0 cm³/mol. The lowest BCUT2D eigenvalue weighted by Crippen LogP contribution is -2.22. The molecule has 0 aliphatic rings. The Labute approximate surface area is 119 Å². The van der Waals surface area contributed by atoms with Gasteiger partial charge < -0.3 is 9.84 Å². The fourth-order valence-corrected chi connectivity index (χ4v) is 2.58. The Morgan fingerprint density at radius 2 is 1.89 bits per heavy atom. The van der Waals surface area contributed by atoms with Gasteiger partial charge in [0.15, 0.2) is 0 Å². The van der Waals surface area contributed by atoms with E-state index in [1.54, 1.807) is 18.9 Å². The number of carbonyl (C=O) groups is 1. The molecule has 0 saturated carbocycles. The van der Waals surface area contributed by atoms with Gasteiger partial charge in [-0.3, -0.25) is 4.79 Å². The molecule has 0 aromatic heterocycles. The summed E-state index contributed by atoms with van der Waals surface area (Å²) >= 11 is 1.69. The number of benzene rings is 1. The molecule has 0 aliphatic carbocycles. The molecule has 0 amide bonds. The zero-order valence-corrected chi connectivity index (χ0v) is 12.8. The summed E-state index contributed by atoms with van der Waals surface area (Å²) in [5.74, 6) is 0.343. The van der Waals surface area contributed by atoms with Crippen LogP contribution in [0.25, 0.3) is 0 Å². The summed E-state index contributed by atoms with van der Waals surface area (Å²) in [6, 6.07) is 7.59. The van der Waals surface area contributed by atoms with Crippen molar-refractivity contribution in [2.24, 2.45) is 5.92 Å². The molecule has 0 bridgehead atoms. The number of aliphatic carboxylic acids is 1. The van der Waals surface area contributed by atoms with E-state index in [9.17, 15) is 9.90 Å². The van der Waals surface area contributed by atoms with Crippen molar-refractivity contribution < 1.29 is 14.6 Å². The summed E-state index contributed by atoms with van der Waals surface area (Å²) in [5, 5.41) is 9.29. The highest BCUT2D eigenvalue weighted by molar-refractivity contribution is 8.00. The second-order valence-corrected chi connectivity index (χ2v) is 7.36. The van der Waals surface area contributed by atoms with E-state index in [4.69, 9.17) is 4.74 Å². The third kappa shape index (κ3) is 6.01.